The average Bonchev–Trinajstić information content (AvgIpc) is 3.12. The molecule has 0 atom stereocenters. The third kappa shape index (κ3) is 3.00. The Morgan fingerprint density at radius 1 is 1.05 bits per heavy atom. The molecule has 22 heavy (non-hydrogen) atoms. The predicted molar refractivity (Wildman–Crippen MR) is 93.3 cm³/mol. The lowest BCUT2D eigenvalue weighted by Gasteiger charge is -2.04. The standard InChI is InChI=1S/C19H21NOS/c1-4-5-6-16-18(15-10-7-13(2)8-11-15)19(20-21-16)17-12-9-14(3)22-17/h7-12H,4-6H2,1-3H3. The molecule has 0 spiro atoms. The second kappa shape index (κ2) is 6.49. The number of rotatable bonds is 5. The van der Waals surface area contributed by atoms with Gasteiger partial charge >= 0.3 is 0 Å². The summed E-state index contributed by atoms with van der Waals surface area (Å²) in [5, 5.41) is 4.39. The molecule has 0 bridgehead atoms. The van der Waals surface area contributed by atoms with Crippen molar-refractivity contribution in [3.63, 3.8) is 0 Å². The van der Waals surface area contributed by atoms with Gasteiger partial charge in [-0.15, -0.1) is 11.3 Å². The zero-order valence-electron chi connectivity index (χ0n) is 13.3. The quantitative estimate of drug-likeness (QED) is 0.575. The van der Waals surface area contributed by atoms with Crippen molar-refractivity contribution in [2.24, 2.45) is 0 Å². The van der Waals surface area contributed by atoms with Crippen LogP contribution in [0.25, 0.3) is 21.7 Å². The second-order valence-electron chi connectivity index (χ2n) is 5.71. The van der Waals surface area contributed by atoms with E-state index in [1.54, 1.807) is 11.3 Å². The summed E-state index contributed by atoms with van der Waals surface area (Å²) in [7, 11) is 0. The SMILES string of the molecule is CCCCc1onc(-c2ccc(C)s2)c1-c1ccc(C)cc1. The van der Waals surface area contributed by atoms with Gasteiger partial charge in [-0.25, -0.2) is 0 Å². The molecule has 0 aliphatic heterocycles. The largest absolute Gasteiger partial charge is 0.360 e. The first-order valence-corrected chi connectivity index (χ1v) is 8.63. The molecule has 2 nitrogen and oxygen atoms in total. The third-order valence-corrected chi connectivity index (χ3v) is 4.84. The molecule has 0 unspecified atom stereocenters. The summed E-state index contributed by atoms with van der Waals surface area (Å²) < 4.78 is 5.70. The lowest BCUT2D eigenvalue weighted by Crippen LogP contribution is -1.88. The highest BCUT2D eigenvalue weighted by Crippen LogP contribution is 2.38. The molecule has 2 aromatic heterocycles. The van der Waals surface area contributed by atoms with Gasteiger partial charge in [-0.2, -0.15) is 0 Å². The molecule has 0 aliphatic rings. The number of unbranched alkanes of at least 4 members (excludes halogenated alkanes) is 1. The van der Waals surface area contributed by atoms with Crippen LogP contribution in [0, 0.1) is 13.8 Å². The minimum absolute atomic E-state index is 0.942. The molecule has 0 aliphatic carbocycles. The van der Waals surface area contributed by atoms with Crippen LogP contribution < -0.4 is 0 Å². The summed E-state index contributed by atoms with van der Waals surface area (Å²) in [4.78, 5) is 2.47. The third-order valence-electron chi connectivity index (χ3n) is 3.83. The van der Waals surface area contributed by atoms with E-state index in [0.717, 1.165) is 36.3 Å². The first kappa shape index (κ1) is 15.0. The van der Waals surface area contributed by atoms with Crippen LogP contribution in [0.3, 0.4) is 0 Å². The van der Waals surface area contributed by atoms with Gasteiger partial charge in [-0.05, 0) is 38.0 Å². The highest BCUT2D eigenvalue weighted by Gasteiger charge is 2.19. The van der Waals surface area contributed by atoms with Gasteiger partial charge in [0, 0.05) is 11.3 Å². The van der Waals surface area contributed by atoms with Gasteiger partial charge in [0.1, 0.15) is 11.5 Å². The molecule has 114 valence electrons. The Morgan fingerprint density at radius 2 is 1.82 bits per heavy atom. The van der Waals surface area contributed by atoms with Crippen molar-refractivity contribution in [2.45, 2.75) is 40.0 Å². The van der Waals surface area contributed by atoms with E-state index in [2.05, 4.69) is 62.3 Å². The summed E-state index contributed by atoms with van der Waals surface area (Å²) in [6.45, 7) is 6.43. The topological polar surface area (TPSA) is 26.0 Å². The van der Waals surface area contributed by atoms with Crippen LogP contribution in [-0.2, 0) is 6.42 Å². The van der Waals surface area contributed by atoms with Crippen LogP contribution in [0.15, 0.2) is 40.9 Å². The van der Waals surface area contributed by atoms with Crippen molar-refractivity contribution >= 4 is 11.3 Å². The molecule has 3 aromatic rings. The van der Waals surface area contributed by atoms with E-state index in [1.807, 2.05) is 0 Å². The predicted octanol–water partition coefficient (Wildman–Crippen LogP) is 6.03. The van der Waals surface area contributed by atoms with E-state index in [1.165, 1.54) is 20.9 Å². The molecule has 3 rings (SSSR count). The Balaban J connectivity index is 2.10. The lowest BCUT2D eigenvalue weighted by molar-refractivity contribution is 0.383. The van der Waals surface area contributed by atoms with Crippen LogP contribution >= 0.6 is 11.3 Å². The van der Waals surface area contributed by atoms with Gasteiger partial charge in [0.25, 0.3) is 0 Å². The first-order valence-electron chi connectivity index (χ1n) is 7.81. The molecule has 3 heteroatoms. The maximum absolute atomic E-state index is 5.70. The van der Waals surface area contributed by atoms with Crippen LogP contribution in [-0.4, -0.2) is 5.16 Å². The molecule has 2 heterocycles. The monoisotopic (exact) mass is 311 g/mol. The molecule has 0 saturated carbocycles. The number of benzene rings is 1. The van der Waals surface area contributed by atoms with Crippen molar-refractivity contribution in [2.75, 3.05) is 0 Å². The highest BCUT2D eigenvalue weighted by molar-refractivity contribution is 7.15. The molecule has 0 amide bonds. The van der Waals surface area contributed by atoms with Gasteiger partial charge in [0.05, 0.1) is 10.4 Å². The first-order chi connectivity index (χ1) is 10.7. The Labute approximate surface area is 135 Å². The Kier molecular flexibility index (Phi) is 4.44. The zero-order valence-corrected chi connectivity index (χ0v) is 14.2. The van der Waals surface area contributed by atoms with E-state index in [0.29, 0.717) is 0 Å². The van der Waals surface area contributed by atoms with Crippen molar-refractivity contribution in [3.8, 4) is 21.7 Å². The lowest BCUT2D eigenvalue weighted by atomic mass is 9.99. The van der Waals surface area contributed by atoms with Crippen LogP contribution in [0.4, 0.5) is 0 Å². The summed E-state index contributed by atoms with van der Waals surface area (Å²) in [6.07, 6.45) is 3.22. The van der Waals surface area contributed by atoms with Gasteiger partial charge in [-0.3, -0.25) is 0 Å². The fourth-order valence-electron chi connectivity index (χ4n) is 2.58. The van der Waals surface area contributed by atoms with E-state index in [4.69, 9.17) is 4.52 Å². The van der Waals surface area contributed by atoms with Gasteiger partial charge in [0.2, 0.25) is 0 Å². The number of aromatic nitrogens is 1. The Hall–Kier alpha value is -1.87. The van der Waals surface area contributed by atoms with Crippen LogP contribution in [0.5, 0.6) is 0 Å². The number of hydrogen-bond acceptors (Lipinski definition) is 3. The summed E-state index contributed by atoms with van der Waals surface area (Å²) in [6, 6.07) is 12.9. The maximum atomic E-state index is 5.70. The normalized spacial score (nSPS) is 11.0. The van der Waals surface area contributed by atoms with Crippen molar-refractivity contribution < 1.29 is 4.52 Å². The maximum Gasteiger partial charge on any atom is 0.145 e. The second-order valence-corrected chi connectivity index (χ2v) is 7.00. The fraction of sp³-hybridized carbons (Fsp3) is 0.316. The van der Waals surface area contributed by atoms with E-state index in [-0.39, 0.29) is 0 Å². The van der Waals surface area contributed by atoms with Gasteiger partial charge in [-0.1, -0.05) is 48.3 Å². The fourth-order valence-corrected chi connectivity index (χ4v) is 3.44. The number of hydrogen-bond donors (Lipinski definition) is 0. The minimum atomic E-state index is 0.942. The zero-order chi connectivity index (χ0) is 15.5. The number of nitrogens with zero attached hydrogens (tertiary/aromatic N) is 1. The molecule has 1 aromatic carbocycles. The van der Waals surface area contributed by atoms with Crippen LogP contribution in [0.1, 0.15) is 36.0 Å². The molecule has 0 radical (unpaired) electrons. The smallest absolute Gasteiger partial charge is 0.145 e. The summed E-state index contributed by atoms with van der Waals surface area (Å²) in [5.41, 5.74) is 4.60. The Morgan fingerprint density at radius 3 is 2.45 bits per heavy atom. The van der Waals surface area contributed by atoms with Gasteiger partial charge < -0.3 is 4.52 Å². The average molecular weight is 311 g/mol. The molecular weight excluding hydrogens is 290 g/mol. The van der Waals surface area contributed by atoms with E-state index < -0.39 is 0 Å². The van der Waals surface area contributed by atoms with Crippen molar-refractivity contribution in [3.05, 3.63) is 52.6 Å². The minimum Gasteiger partial charge on any atom is -0.360 e. The molecule has 0 saturated heterocycles. The number of aryl methyl sites for hydroxylation is 3. The van der Waals surface area contributed by atoms with E-state index >= 15 is 0 Å². The van der Waals surface area contributed by atoms with Crippen molar-refractivity contribution in [1.82, 2.24) is 5.16 Å². The van der Waals surface area contributed by atoms with Crippen LogP contribution in [0.2, 0.25) is 0 Å². The number of thiophene rings is 1. The molecule has 0 fully saturated rings. The highest BCUT2D eigenvalue weighted by atomic mass is 32.1. The van der Waals surface area contributed by atoms with E-state index in [9.17, 15) is 0 Å². The molecule has 0 N–H and O–H groups in total. The summed E-state index contributed by atoms with van der Waals surface area (Å²) in [5.74, 6) is 1.01. The Bertz CT molecular complexity index is 752. The summed E-state index contributed by atoms with van der Waals surface area (Å²) >= 11 is 1.77. The van der Waals surface area contributed by atoms with Crippen molar-refractivity contribution in [1.29, 1.82) is 0 Å². The van der Waals surface area contributed by atoms with Gasteiger partial charge in [0.15, 0.2) is 0 Å². The molecular formula is C19H21NOS.